The number of piperidine rings is 1. The smallest absolute Gasteiger partial charge is 0.220 e. The first-order valence-electron chi connectivity index (χ1n) is 6.17. The lowest BCUT2D eigenvalue weighted by molar-refractivity contribution is -0.121. The van der Waals surface area contributed by atoms with Gasteiger partial charge in [0.25, 0.3) is 0 Å². The van der Waals surface area contributed by atoms with Crippen LogP contribution in [0.2, 0.25) is 0 Å². The lowest BCUT2D eigenvalue weighted by Crippen LogP contribution is -2.52. The quantitative estimate of drug-likeness (QED) is 0.700. The van der Waals surface area contributed by atoms with Crippen LogP contribution in [0.4, 0.5) is 0 Å². The van der Waals surface area contributed by atoms with Crippen LogP contribution >= 0.6 is 0 Å². The van der Waals surface area contributed by atoms with Gasteiger partial charge in [0, 0.05) is 19.0 Å². The molecule has 3 heteroatoms. The third-order valence-corrected chi connectivity index (χ3v) is 3.41. The number of rotatable bonds is 5. The van der Waals surface area contributed by atoms with Gasteiger partial charge in [-0.3, -0.25) is 4.79 Å². The average Bonchev–Trinajstić information content (AvgIpc) is 2.24. The van der Waals surface area contributed by atoms with E-state index in [2.05, 4.69) is 31.1 Å². The minimum absolute atomic E-state index is 0.128. The van der Waals surface area contributed by atoms with Crippen molar-refractivity contribution in [1.29, 1.82) is 0 Å². The SMILES string of the molecule is C=CCCC(=O)NCC1NCCCC1(C)C. The minimum atomic E-state index is 0.128. The number of amides is 1. The Morgan fingerprint density at radius 3 is 3.00 bits per heavy atom. The second-order valence-corrected chi connectivity index (χ2v) is 5.23. The van der Waals surface area contributed by atoms with Crippen molar-refractivity contribution < 1.29 is 4.79 Å². The van der Waals surface area contributed by atoms with Crippen LogP contribution in [0.5, 0.6) is 0 Å². The van der Waals surface area contributed by atoms with Gasteiger partial charge in [-0.1, -0.05) is 19.9 Å². The van der Waals surface area contributed by atoms with Crippen LogP contribution in [-0.2, 0) is 4.79 Å². The van der Waals surface area contributed by atoms with Gasteiger partial charge in [0.2, 0.25) is 5.91 Å². The number of nitrogens with one attached hydrogen (secondary N) is 2. The van der Waals surface area contributed by atoms with Crippen molar-refractivity contribution in [3.63, 3.8) is 0 Å². The molecule has 1 atom stereocenters. The zero-order valence-electron chi connectivity index (χ0n) is 10.5. The Kier molecular flexibility index (Phi) is 5.00. The topological polar surface area (TPSA) is 41.1 Å². The van der Waals surface area contributed by atoms with Gasteiger partial charge in [-0.25, -0.2) is 0 Å². The molecule has 1 amide bonds. The normalized spacial score (nSPS) is 23.8. The van der Waals surface area contributed by atoms with Gasteiger partial charge in [0.1, 0.15) is 0 Å². The van der Waals surface area contributed by atoms with E-state index in [-0.39, 0.29) is 11.3 Å². The number of carbonyl (C=O) groups excluding carboxylic acids is 1. The lowest BCUT2D eigenvalue weighted by atomic mass is 9.77. The van der Waals surface area contributed by atoms with E-state index in [0.717, 1.165) is 19.5 Å². The van der Waals surface area contributed by atoms with Gasteiger partial charge in [-0.2, -0.15) is 0 Å². The van der Waals surface area contributed by atoms with Crippen LogP contribution < -0.4 is 10.6 Å². The standard InChI is InChI=1S/C13H24N2O/c1-4-5-7-12(16)15-10-11-13(2,3)8-6-9-14-11/h4,11,14H,1,5-10H2,2-3H3,(H,15,16). The van der Waals surface area contributed by atoms with Crippen molar-refractivity contribution in [3.8, 4) is 0 Å². The molecule has 0 bridgehead atoms. The van der Waals surface area contributed by atoms with E-state index >= 15 is 0 Å². The van der Waals surface area contributed by atoms with E-state index < -0.39 is 0 Å². The van der Waals surface area contributed by atoms with Crippen molar-refractivity contribution in [2.45, 2.75) is 45.6 Å². The van der Waals surface area contributed by atoms with Crippen molar-refractivity contribution in [2.24, 2.45) is 5.41 Å². The Balaban J connectivity index is 2.30. The highest BCUT2D eigenvalue weighted by atomic mass is 16.1. The second kappa shape index (κ2) is 6.04. The molecule has 1 heterocycles. The van der Waals surface area contributed by atoms with Gasteiger partial charge in [0.15, 0.2) is 0 Å². The molecule has 1 saturated heterocycles. The first-order valence-corrected chi connectivity index (χ1v) is 6.17. The zero-order valence-corrected chi connectivity index (χ0v) is 10.5. The number of allylic oxidation sites excluding steroid dienone is 1. The maximum atomic E-state index is 11.5. The monoisotopic (exact) mass is 224 g/mol. The number of carbonyl (C=O) groups is 1. The predicted molar refractivity (Wildman–Crippen MR) is 67.2 cm³/mol. The van der Waals surface area contributed by atoms with E-state index in [1.54, 1.807) is 6.08 Å². The van der Waals surface area contributed by atoms with E-state index in [1.165, 1.54) is 12.8 Å². The van der Waals surface area contributed by atoms with E-state index in [0.29, 0.717) is 12.5 Å². The molecule has 1 unspecified atom stereocenters. The van der Waals surface area contributed by atoms with Gasteiger partial charge >= 0.3 is 0 Å². The maximum absolute atomic E-state index is 11.5. The zero-order chi connectivity index (χ0) is 12.0. The number of hydrogen-bond donors (Lipinski definition) is 2. The molecule has 3 nitrogen and oxygen atoms in total. The molecule has 1 fully saturated rings. The Morgan fingerprint density at radius 2 is 2.38 bits per heavy atom. The second-order valence-electron chi connectivity index (χ2n) is 5.23. The van der Waals surface area contributed by atoms with Crippen LogP contribution in [0.1, 0.15) is 39.5 Å². The van der Waals surface area contributed by atoms with Crippen LogP contribution in [0.25, 0.3) is 0 Å². The van der Waals surface area contributed by atoms with Crippen LogP contribution in [0.3, 0.4) is 0 Å². The first-order chi connectivity index (χ1) is 7.56. The molecular formula is C13H24N2O. The van der Waals surface area contributed by atoms with E-state index in [9.17, 15) is 4.79 Å². The first kappa shape index (κ1) is 13.2. The highest BCUT2D eigenvalue weighted by molar-refractivity contribution is 5.76. The lowest BCUT2D eigenvalue weighted by Gasteiger charge is -2.39. The fourth-order valence-electron chi connectivity index (χ4n) is 2.16. The molecule has 1 rings (SSSR count). The van der Waals surface area contributed by atoms with Crippen molar-refractivity contribution in [3.05, 3.63) is 12.7 Å². The maximum Gasteiger partial charge on any atom is 0.220 e. The molecule has 0 saturated carbocycles. The minimum Gasteiger partial charge on any atom is -0.355 e. The molecule has 92 valence electrons. The summed E-state index contributed by atoms with van der Waals surface area (Å²) in [6, 6.07) is 0.397. The highest BCUT2D eigenvalue weighted by Gasteiger charge is 2.31. The summed E-state index contributed by atoms with van der Waals surface area (Å²) < 4.78 is 0. The Morgan fingerprint density at radius 1 is 1.62 bits per heavy atom. The van der Waals surface area contributed by atoms with Gasteiger partial charge in [-0.15, -0.1) is 6.58 Å². The fourth-order valence-corrected chi connectivity index (χ4v) is 2.16. The molecule has 0 aromatic heterocycles. The molecule has 0 aromatic rings. The summed E-state index contributed by atoms with van der Waals surface area (Å²) in [5.41, 5.74) is 0.282. The Hall–Kier alpha value is -0.830. The summed E-state index contributed by atoms with van der Waals surface area (Å²) in [5, 5.41) is 6.48. The molecule has 0 aliphatic carbocycles. The van der Waals surface area contributed by atoms with Crippen molar-refractivity contribution >= 4 is 5.91 Å². The van der Waals surface area contributed by atoms with Crippen LogP contribution in [0, 0.1) is 5.41 Å². The predicted octanol–water partition coefficient (Wildman–Crippen LogP) is 1.85. The highest BCUT2D eigenvalue weighted by Crippen LogP contribution is 2.29. The van der Waals surface area contributed by atoms with E-state index in [4.69, 9.17) is 0 Å². The summed E-state index contributed by atoms with van der Waals surface area (Å²) in [6.45, 7) is 9.95. The molecular weight excluding hydrogens is 200 g/mol. The third kappa shape index (κ3) is 3.97. The Labute approximate surface area is 98.7 Å². The van der Waals surface area contributed by atoms with Gasteiger partial charge in [0.05, 0.1) is 0 Å². The Bertz CT molecular complexity index is 248. The molecule has 0 radical (unpaired) electrons. The third-order valence-electron chi connectivity index (χ3n) is 3.41. The summed E-state index contributed by atoms with van der Waals surface area (Å²) >= 11 is 0. The van der Waals surface area contributed by atoms with Crippen LogP contribution in [-0.4, -0.2) is 25.0 Å². The summed E-state index contributed by atoms with van der Waals surface area (Å²) in [7, 11) is 0. The van der Waals surface area contributed by atoms with Crippen LogP contribution in [0.15, 0.2) is 12.7 Å². The molecule has 0 aromatic carbocycles. The molecule has 16 heavy (non-hydrogen) atoms. The molecule has 0 spiro atoms. The van der Waals surface area contributed by atoms with Gasteiger partial charge in [-0.05, 0) is 31.2 Å². The summed E-state index contributed by atoms with van der Waals surface area (Å²) in [4.78, 5) is 11.5. The summed E-state index contributed by atoms with van der Waals surface area (Å²) in [5.74, 6) is 0.128. The van der Waals surface area contributed by atoms with E-state index in [1.807, 2.05) is 0 Å². The number of hydrogen-bond acceptors (Lipinski definition) is 2. The van der Waals surface area contributed by atoms with Crippen molar-refractivity contribution in [1.82, 2.24) is 10.6 Å². The molecule has 1 aliphatic rings. The van der Waals surface area contributed by atoms with Gasteiger partial charge < -0.3 is 10.6 Å². The molecule has 1 aliphatic heterocycles. The molecule has 2 N–H and O–H groups in total. The fraction of sp³-hybridized carbons (Fsp3) is 0.769. The average molecular weight is 224 g/mol. The van der Waals surface area contributed by atoms with Crippen molar-refractivity contribution in [2.75, 3.05) is 13.1 Å². The summed E-state index contributed by atoms with van der Waals surface area (Å²) in [6.07, 6.45) is 5.55. The largest absolute Gasteiger partial charge is 0.355 e.